The van der Waals surface area contributed by atoms with Crippen LogP contribution in [0.15, 0.2) is 60.3 Å². The van der Waals surface area contributed by atoms with Gasteiger partial charge in [-0.05, 0) is 25.1 Å². The molecule has 3 atom stereocenters. The maximum Gasteiger partial charge on any atom is 0.431 e. The monoisotopic (exact) mass is 441 g/mol. The Bertz CT molecular complexity index is 1150. The van der Waals surface area contributed by atoms with Gasteiger partial charge in [0.25, 0.3) is 0 Å². The zero-order valence-corrected chi connectivity index (χ0v) is 17.0. The highest BCUT2D eigenvalue weighted by molar-refractivity contribution is 6.14. The molecule has 2 aromatic rings. The predicted molar refractivity (Wildman–Crippen MR) is 112 cm³/mol. The Morgan fingerprint density at radius 3 is 2.50 bits per heavy atom. The average Bonchev–Trinajstić information content (AvgIpc) is 3.03. The van der Waals surface area contributed by atoms with Crippen LogP contribution < -0.4 is 19.3 Å². The number of nitrogens with zero attached hydrogens (tertiary/aromatic N) is 1. The van der Waals surface area contributed by atoms with Crippen LogP contribution in [0.1, 0.15) is 6.92 Å². The maximum atomic E-state index is 13.2. The molecule has 2 aliphatic rings. The number of aliphatic hydroxyl groups excluding tert-OH is 1. The van der Waals surface area contributed by atoms with E-state index in [1.807, 2.05) is 0 Å². The summed E-state index contributed by atoms with van der Waals surface area (Å²) in [5, 5.41) is 33.0. The van der Waals surface area contributed by atoms with Gasteiger partial charge in [0, 0.05) is 6.07 Å². The molecule has 10 heteroatoms. The molecule has 4 N–H and O–H groups in total. The zero-order valence-electron chi connectivity index (χ0n) is 17.0. The number of quaternary nitrogens is 1. The van der Waals surface area contributed by atoms with Gasteiger partial charge in [0.15, 0.2) is 22.8 Å². The van der Waals surface area contributed by atoms with Crippen molar-refractivity contribution in [2.75, 3.05) is 18.5 Å². The number of carbonyl (C=O) groups is 3. The number of hydrogen-bond acceptors (Lipinski definition) is 6. The fourth-order valence-electron chi connectivity index (χ4n) is 3.98. The third-order valence-electron chi connectivity index (χ3n) is 5.65. The third kappa shape index (κ3) is 3.35. The lowest BCUT2D eigenvalue weighted by molar-refractivity contribution is -0.136. The van der Waals surface area contributed by atoms with Gasteiger partial charge in [-0.2, -0.15) is 4.48 Å². The Hall–Kier alpha value is -3.89. The lowest BCUT2D eigenvalue weighted by Gasteiger charge is -2.41. The molecule has 10 nitrogen and oxygen atoms in total. The van der Waals surface area contributed by atoms with Crippen molar-refractivity contribution < 1.29 is 39.2 Å². The SMILES string of the molecule is CC1(C(O)C[N+]2(C(=CC(=O)O)C(=O)O)C(=O)Nc3ccccc32)COc2ccccc2O1. The van der Waals surface area contributed by atoms with Crippen molar-refractivity contribution in [1.29, 1.82) is 0 Å². The van der Waals surface area contributed by atoms with Crippen LogP contribution in [0.4, 0.5) is 16.2 Å². The summed E-state index contributed by atoms with van der Waals surface area (Å²) in [7, 11) is 0. The first-order valence-electron chi connectivity index (χ1n) is 9.74. The summed E-state index contributed by atoms with van der Waals surface area (Å²) < 4.78 is 10.6. The van der Waals surface area contributed by atoms with Crippen LogP contribution in [0.25, 0.3) is 0 Å². The number of carboxylic acid groups (broad SMARTS) is 2. The fourth-order valence-corrected chi connectivity index (χ4v) is 3.98. The number of ether oxygens (including phenoxy) is 2. The van der Waals surface area contributed by atoms with Crippen LogP contribution in [0.5, 0.6) is 11.5 Å². The molecule has 0 saturated heterocycles. The van der Waals surface area contributed by atoms with Gasteiger partial charge >= 0.3 is 18.0 Å². The molecule has 4 rings (SSSR count). The molecule has 2 heterocycles. The van der Waals surface area contributed by atoms with Gasteiger partial charge < -0.3 is 24.8 Å². The number of urea groups is 1. The van der Waals surface area contributed by atoms with Crippen molar-refractivity contribution in [3.63, 3.8) is 0 Å². The van der Waals surface area contributed by atoms with E-state index in [0.717, 1.165) is 0 Å². The first-order valence-corrected chi connectivity index (χ1v) is 9.74. The summed E-state index contributed by atoms with van der Waals surface area (Å²) in [6.45, 7) is 1.00. The van der Waals surface area contributed by atoms with Gasteiger partial charge in [-0.25, -0.2) is 14.4 Å². The maximum absolute atomic E-state index is 13.2. The quantitative estimate of drug-likeness (QED) is 0.395. The number of anilines is 1. The number of amides is 2. The zero-order chi connectivity index (χ0) is 23.1. The number of aliphatic carboxylic acids is 2. The number of nitrogens with one attached hydrogen (secondary N) is 1. The molecule has 0 aromatic heterocycles. The van der Waals surface area contributed by atoms with E-state index in [2.05, 4.69) is 5.32 Å². The van der Waals surface area contributed by atoms with Crippen LogP contribution >= 0.6 is 0 Å². The van der Waals surface area contributed by atoms with Crippen LogP contribution in [-0.4, -0.2) is 58.1 Å². The molecule has 3 unspecified atom stereocenters. The highest BCUT2D eigenvalue weighted by atomic mass is 16.6. The number of fused-ring (bicyclic) bond motifs is 2. The molecule has 0 bridgehead atoms. The lowest BCUT2D eigenvalue weighted by Crippen LogP contribution is -2.63. The second-order valence-corrected chi connectivity index (χ2v) is 7.78. The third-order valence-corrected chi connectivity index (χ3v) is 5.65. The summed E-state index contributed by atoms with van der Waals surface area (Å²) in [6.07, 6.45) is -0.962. The molecule has 0 saturated carbocycles. The van der Waals surface area contributed by atoms with Crippen molar-refractivity contribution in [3.8, 4) is 11.5 Å². The topological polar surface area (TPSA) is 142 Å². The van der Waals surface area contributed by atoms with E-state index in [-0.39, 0.29) is 12.3 Å². The predicted octanol–water partition coefficient (Wildman–Crippen LogP) is 2.18. The van der Waals surface area contributed by atoms with Crippen LogP contribution in [0, 0.1) is 0 Å². The Kier molecular flexibility index (Phi) is 5.11. The summed E-state index contributed by atoms with van der Waals surface area (Å²) in [5.41, 5.74) is -1.55. The van der Waals surface area contributed by atoms with Gasteiger partial charge in [0.05, 0.1) is 6.08 Å². The van der Waals surface area contributed by atoms with Crippen molar-refractivity contribution in [2.45, 2.75) is 18.6 Å². The fraction of sp³-hybridized carbons (Fsp3) is 0.227. The molecule has 2 amide bonds. The highest BCUT2D eigenvalue weighted by Crippen LogP contribution is 2.44. The number of rotatable bonds is 6. The van der Waals surface area contributed by atoms with Gasteiger partial charge in [-0.15, -0.1) is 0 Å². The summed E-state index contributed by atoms with van der Waals surface area (Å²) >= 11 is 0. The van der Waals surface area contributed by atoms with Gasteiger partial charge in [-0.3, -0.25) is 5.32 Å². The van der Waals surface area contributed by atoms with Crippen molar-refractivity contribution in [1.82, 2.24) is 4.48 Å². The van der Waals surface area contributed by atoms with Crippen LogP contribution in [-0.2, 0) is 9.59 Å². The molecular formula is C22H21N2O8+. The molecule has 0 radical (unpaired) electrons. The van der Waals surface area contributed by atoms with Crippen LogP contribution in [0.2, 0.25) is 0 Å². The molecule has 2 aliphatic heterocycles. The normalized spacial score (nSPS) is 24.9. The molecule has 0 fully saturated rings. The number of carbonyl (C=O) groups excluding carboxylic acids is 1. The molecule has 0 aliphatic carbocycles. The number of carboxylic acids is 2. The van der Waals surface area contributed by atoms with E-state index < -0.39 is 46.4 Å². The average molecular weight is 441 g/mol. The first kappa shape index (κ1) is 21.3. The smallest absolute Gasteiger partial charge is 0.431 e. The Morgan fingerprint density at radius 2 is 1.81 bits per heavy atom. The molecule has 32 heavy (non-hydrogen) atoms. The number of aliphatic hydroxyl groups is 1. The molecule has 2 aromatic carbocycles. The molecular weight excluding hydrogens is 420 g/mol. The van der Waals surface area contributed by atoms with Crippen molar-refractivity contribution >= 4 is 29.3 Å². The Balaban J connectivity index is 1.80. The van der Waals surface area contributed by atoms with E-state index in [9.17, 15) is 29.7 Å². The standard InChI is InChI=1S/C22H20N2O8/c1-22(12-31-16-8-4-5-9-17(16)32-22)18(25)11-24(15(20(28)29)10-19(26)27)14-7-3-2-6-13(14)23-21(24)30/h2-10,18,25H,11-12H2,1H3,(H2-,23,26,27,28,29,30)/p+1. The first-order chi connectivity index (χ1) is 15.2. The van der Waals surface area contributed by atoms with E-state index >= 15 is 0 Å². The molecule has 0 spiro atoms. The lowest BCUT2D eigenvalue weighted by atomic mass is 9.96. The number of hydrogen-bond donors (Lipinski definition) is 4. The second-order valence-electron chi connectivity index (χ2n) is 7.78. The van der Waals surface area contributed by atoms with Gasteiger partial charge in [0.1, 0.15) is 24.9 Å². The molecule has 166 valence electrons. The minimum atomic E-state index is -1.61. The minimum absolute atomic E-state index is 0.0699. The van der Waals surface area contributed by atoms with E-state index in [1.165, 1.54) is 6.07 Å². The van der Waals surface area contributed by atoms with E-state index in [1.54, 1.807) is 49.4 Å². The Morgan fingerprint density at radius 1 is 1.16 bits per heavy atom. The van der Waals surface area contributed by atoms with E-state index in [0.29, 0.717) is 23.3 Å². The van der Waals surface area contributed by atoms with Crippen LogP contribution in [0.3, 0.4) is 0 Å². The summed E-state index contributed by atoms with van der Waals surface area (Å²) in [6, 6.07) is 12.4. The summed E-state index contributed by atoms with van der Waals surface area (Å²) in [4.78, 5) is 36.7. The number of benzene rings is 2. The van der Waals surface area contributed by atoms with E-state index in [4.69, 9.17) is 9.47 Å². The minimum Gasteiger partial charge on any atom is -0.485 e. The summed E-state index contributed by atoms with van der Waals surface area (Å²) in [5.74, 6) is -2.27. The highest BCUT2D eigenvalue weighted by Gasteiger charge is 2.57. The largest absolute Gasteiger partial charge is 0.485 e. The van der Waals surface area contributed by atoms with Gasteiger partial charge in [0.2, 0.25) is 5.70 Å². The second kappa shape index (κ2) is 7.66. The number of para-hydroxylation sites is 4. The van der Waals surface area contributed by atoms with Gasteiger partial charge in [-0.1, -0.05) is 24.3 Å². The Labute approximate surface area is 182 Å². The van der Waals surface area contributed by atoms with Crippen molar-refractivity contribution in [3.05, 3.63) is 60.3 Å². The van der Waals surface area contributed by atoms with Crippen molar-refractivity contribution in [2.24, 2.45) is 0 Å².